The fourth-order valence-corrected chi connectivity index (χ4v) is 3.51. The van der Waals surface area contributed by atoms with Crippen molar-refractivity contribution in [1.82, 2.24) is 19.9 Å². The van der Waals surface area contributed by atoms with Crippen LogP contribution in [0.3, 0.4) is 0 Å². The first kappa shape index (κ1) is 21.8. The predicted octanol–water partition coefficient (Wildman–Crippen LogP) is 3.56. The standard InChI is InChI=1S/C19H19F3N4O3S/c1-11(17(27)23-9-12-4-6-14(28-2)15(8-12)29-3)30-18-25-24-16-7-5-13(10-26(16)18)19(20,21)22/h4-8,10-11H,9H2,1-3H3,(H,23,27)/t11-/m0/s1. The van der Waals surface area contributed by atoms with E-state index in [-0.39, 0.29) is 23.3 Å². The summed E-state index contributed by atoms with van der Waals surface area (Å²) in [5.41, 5.74) is 0.256. The molecule has 0 aliphatic heterocycles. The van der Waals surface area contributed by atoms with Gasteiger partial charge in [-0.05, 0) is 36.8 Å². The van der Waals surface area contributed by atoms with Gasteiger partial charge in [-0.1, -0.05) is 17.8 Å². The van der Waals surface area contributed by atoms with E-state index in [1.807, 2.05) is 0 Å². The Morgan fingerprint density at radius 2 is 1.90 bits per heavy atom. The van der Waals surface area contributed by atoms with Crippen molar-refractivity contribution in [3.05, 3.63) is 47.7 Å². The summed E-state index contributed by atoms with van der Waals surface area (Å²) in [5, 5.41) is 10.1. The smallest absolute Gasteiger partial charge is 0.417 e. The van der Waals surface area contributed by atoms with E-state index in [0.717, 1.165) is 29.6 Å². The van der Waals surface area contributed by atoms with Gasteiger partial charge in [-0.3, -0.25) is 9.20 Å². The topological polar surface area (TPSA) is 77.8 Å². The van der Waals surface area contributed by atoms with E-state index in [1.165, 1.54) is 24.7 Å². The van der Waals surface area contributed by atoms with Crippen LogP contribution in [0.1, 0.15) is 18.1 Å². The zero-order valence-corrected chi connectivity index (χ0v) is 17.2. The number of nitrogens with zero attached hydrogens (tertiary/aromatic N) is 3. The average molecular weight is 440 g/mol. The summed E-state index contributed by atoms with van der Waals surface area (Å²) in [6.45, 7) is 1.90. The Kier molecular flexibility index (Phi) is 6.40. The molecule has 3 aromatic rings. The molecule has 2 aromatic heterocycles. The minimum absolute atomic E-state index is 0.199. The highest BCUT2D eigenvalue weighted by molar-refractivity contribution is 8.00. The number of rotatable bonds is 7. The summed E-state index contributed by atoms with van der Waals surface area (Å²) in [4.78, 5) is 12.5. The van der Waals surface area contributed by atoms with Gasteiger partial charge in [0, 0.05) is 12.7 Å². The van der Waals surface area contributed by atoms with Crippen molar-refractivity contribution in [2.45, 2.75) is 30.1 Å². The number of thioether (sulfide) groups is 1. The predicted molar refractivity (Wildman–Crippen MR) is 105 cm³/mol. The number of fused-ring (bicyclic) bond motifs is 1. The van der Waals surface area contributed by atoms with Gasteiger partial charge in [-0.15, -0.1) is 10.2 Å². The minimum atomic E-state index is -4.48. The van der Waals surface area contributed by atoms with Crippen molar-refractivity contribution in [2.24, 2.45) is 0 Å². The Bertz CT molecular complexity index is 1060. The van der Waals surface area contributed by atoms with Crippen LogP contribution in [-0.2, 0) is 17.5 Å². The van der Waals surface area contributed by atoms with Crippen molar-refractivity contribution in [1.29, 1.82) is 0 Å². The molecule has 0 fully saturated rings. The zero-order chi connectivity index (χ0) is 21.9. The van der Waals surface area contributed by atoms with Crippen LogP contribution < -0.4 is 14.8 Å². The van der Waals surface area contributed by atoms with Gasteiger partial charge in [-0.2, -0.15) is 13.2 Å². The number of ether oxygens (including phenoxy) is 2. The van der Waals surface area contributed by atoms with Gasteiger partial charge >= 0.3 is 6.18 Å². The SMILES string of the molecule is COc1ccc(CNC(=O)[C@H](C)Sc2nnc3ccc(C(F)(F)F)cn23)cc1OC. The second kappa shape index (κ2) is 8.82. The third-order valence-corrected chi connectivity index (χ3v) is 5.32. The van der Waals surface area contributed by atoms with Crippen LogP contribution >= 0.6 is 11.8 Å². The van der Waals surface area contributed by atoms with Crippen molar-refractivity contribution in [2.75, 3.05) is 14.2 Å². The van der Waals surface area contributed by atoms with Gasteiger partial charge in [0.05, 0.1) is 25.0 Å². The van der Waals surface area contributed by atoms with Crippen molar-refractivity contribution < 1.29 is 27.4 Å². The quantitative estimate of drug-likeness (QED) is 0.566. The number of aromatic nitrogens is 3. The van der Waals surface area contributed by atoms with Gasteiger partial charge in [-0.25, -0.2) is 0 Å². The van der Waals surface area contributed by atoms with E-state index in [4.69, 9.17) is 9.47 Å². The molecule has 0 spiro atoms. The number of hydrogen-bond donors (Lipinski definition) is 1. The first-order chi connectivity index (χ1) is 14.2. The van der Waals surface area contributed by atoms with Crippen LogP contribution in [0.5, 0.6) is 11.5 Å². The summed E-state index contributed by atoms with van der Waals surface area (Å²) >= 11 is 1.02. The average Bonchev–Trinajstić information content (AvgIpc) is 3.13. The van der Waals surface area contributed by atoms with Crippen LogP contribution in [0.4, 0.5) is 13.2 Å². The molecule has 1 amide bonds. The Morgan fingerprint density at radius 3 is 2.57 bits per heavy atom. The molecule has 1 N–H and O–H groups in total. The molecular formula is C19H19F3N4O3S. The second-order valence-corrected chi connectivity index (χ2v) is 7.60. The van der Waals surface area contributed by atoms with Crippen LogP contribution in [-0.4, -0.2) is 40.0 Å². The zero-order valence-electron chi connectivity index (χ0n) is 16.4. The highest BCUT2D eigenvalue weighted by atomic mass is 32.2. The summed E-state index contributed by atoms with van der Waals surface area (Å²) in [7, 11) is 3.05. The van der Waals surface area contributed by atoms with Gasteiger partial charge in [0.15, 0.2) is 22.3 Å². The van der Waals surface area contributed by atoms with Crippen molar-refractivity contribution >= 4 is 23.3 Å². The van der Waals surface area contributed by atoms with E-state index in [2.05, 4.69) is 15.5 Å². The van der Waals surface area contributed by atoms with Crippen LogP contribution in [0.25, 0.3) is 5.65 Å². The van der Waals surface area contributed by atoms with Gasteiger partial charge in [0.2, 0.25) is 5.91 Å². The van der Waals surface area contributed by atoms with Crippen LogP contribution in [0.15, 0.2) is 41.7 Å². The Balaban J connectivity index is 1.67. The highest BCUT2D eigenvalue weighted by Gasteiger charge is 2.31. The normalized spacial score (nSPS) is 12.6. The maximum Gasteiger partial charge on any atom is 0.417 e. The lowest BCUT2D eigenvalue weighted by Gasteiger charge is -2.13. The number of alkyl halides is 3. The Hall–Kier alpha value is -2.95. The minimum Gasteiger partial charge on any atom is -0.493 e. The number of methoxy groups -OCH3 is 2. The number of amides is 1. The van der Waals surface area contributed by atoms with Gasteiger partial charge in [0.1, 0.15) is 0 Å². The fraction of sp³-hybridized carbons (Fsp3) is 0.316. The highest BCUT2D eigenvalue weighted by Crippen LogP contribution is 2.31. The summed E-state index contributed by atoms with van der Waals surface area (Å²) in [6.07, 6.45) is -3.56. The van der Waals surface area contributed by atoms with E-state index >= 15 is 0 Å². The Labute approximate surface area is 174 Å². The van der Waals surface area contributed by atoms with Crippen LogP contribution in [0.2, 0.25) is 0 Å². The molecule has 2 heterocycles. The second-order valence-electron chi connectivity index (χ2n) is 6.29. The molecule has 0 bridgehead atoms. The van der Waals surface area contributed by atoms with Gasteiger partial charge in [0.25, 0.3) is 0 Å². The first-order valence-electron chi connectivity index (χ1n) is 8.80. The lowest BCUT2D eigenvalue weighted by atomic mass is 10.2. The molecule has 0 saturated heterocycles. The molecule has 160 valence electrons. The molecule has 0 aliphatic carbocycles. The van der Waals surface area contributed by atoms with Crippen LogP contribution in [0, 0.1) is 0 Å². The maximum atomic E-state index is 13.0. The third kappa shape index (κ3) is 4.78. The van der Waals surface area contributed by atoms with E-state index in [1.54, 1.807) is 25.1 Å². The molecule has 0 aliphatic rings. The van der Waals surface area contributed by atoms with Crippen molar-refractivity contribution in [3.8, 4) is 11.5 Å². The molecule has 11 heteroatoms. The third-order valence-electron chi connectivity index (χ3n) is 4.26. The number of carbonyl (C=O) groups is 1. The molecule has 0 radical (unpaired) electrons. The molecule has 7 nitrogen and oxygen atoms in total. The number of benzene rings is 1. The molecular weight excluding hydrogens is 421 g/mol. The van der Waals surface area contributed by atoms with Crippen molar-refractivity contribution in [3.63, 3.8) is 0 Å². The number of pyridine rings is 1. The van der Waals surface area contributed by atoms with E-state index < -0.39 is 17.0 Å². The van der Waals surface area contributed by atoms with E-state index in [0.29, 0.717) is 11.5 Å². The number of hydrogen-bond acceptors (Lipinski definition) is 6. The van der Waals surface area contributed by atoms with Gasteiger partial charge < -0.3 is 14.8 Å². The maximum absolute atomic E-state index is 13.0. The molecule has 0 saturated carbocycles. The summed E-state index contributed by atoms with van der Waals surface area (Å²) < 4.78 is 50.5. The molecule has 0 unspecified atom stereocenters. The first-order valence-corrected chi connectivity index (χ1v) is 9.68. The molecule has 1 aromatic carbocycles. The summed E-state index contributed by atoms with van der Waals surface area (Å²) in [6, 6.07) is 7.46. The summed E-state index contributed by atoms with van der Waals surface area (Å²) in [5.74, 6) is 0.828. The lowest BCUT2D eigenvalue weighted by Crippen LogP contribution is -2.30. The monoisotopic (exact) mass is 440 g/mol. The number of nitrogens with one attached hydrogen (secondary N) is 1. The molecule has 30 heavy (non-hydrogen) atoms. The number of halogens is 3. The Morgan fingerprint density at radius 1 is 1.17 bits per heavy atom. The lowest BCUT2D eigenvalue weighted by molar-refractivity contribution is -0.137. The largest absolute Gasteiger partial charge is 0.493 e. The van der Waals surface area contributed by atoms with E-state index in [9.17, 15) is 18.0 Å². The molecule has 3 rings (SSSR count). The number of carbonyl (C=O) groups excluding carboxylic acids is 1. The molecule has 1 atom stereocenters. The fourth-order valence-electron chi connectivity index (χ4n) is 2.65.